The molecule has 1 N–H and O–H groups in total. The van der Waals surface area contributed by atoms with E-state index in [0.29, 0.717) is 19.6 Å². The third-order valence-corrected chi connectivity index (χ3v) is 7.04. The first kappa shape index (κ1) is 23.0. The van der Waals surface area contributed by atoms with Gasteiger partial charge in [-0.1, -0.05) is 50.2 Å². The first-order valence-electron chi connectivity index (χ1n) is 10.3. The van der Waals surface area contributed by atoms with Crippen molar-refractivity contribution in [2.24, 2.45) is 11.8 Å². The van der Waals surface area contributed by atoms with Crippen LogP contribution in [0.5, 0.6) is 0 Å². The van der Waals surface area contributed by atoms with Crippen LogP contribution in [-0.2, 0) is 26.1 Å². The summed E-state index contributed by atoms with van der Waals surface area (Å²) in [7, 11) is -3.71. The number of nitrogens with one attached hydrogen (secondary N) is 1. The molecule has 2 aromatic carbocycles. The van der Waals surface area contributed by atoms with E-state index in [-0.39, 0.29) is 22.3 Å². The third kappa shape index (κ3) is 6.15. The lowest BCUT2D eigenvalue weighted by atomic mass is 9.94. The van der Waals surface area contributed by atoms with E-state index in [2.05, 4.69) is 5.32 Å². The number of sulfonamides is 1. The number of rotatable bonds is 7. The molecule has 2 aromatic rings. The molecule has 1 heterocycles. The van der Waals surface area contributed by atoms with Gasteiger partial charge in [0, 0.05) is 19.6 Å². The molecule has 1 aliphatic rings. The summed E-state index contributed by atoms with van der Waals surface area (Å²) in [6.45, 7) is 4.89. The summed E-state index contributed by atoms with van der Waals surface area (Å²) < 4.78 is 32.6. The third-order valence-electron chi connectivity index (χ3n) is 5.21. The van der Waals surface area contributed by atoms with Gasteiger partial charge >= 0.3 is 5.97 Å². The van der Waals surface area contributed by atoms with E-state index < -0.39 is 28.5 Å². The Kier molecular flexibility index (Phi) is 7.46. The SMILES string of the molecule is C[C@@H]1C[C@H](C)CN(S(=O)(=O)c2cccc(C(=O)OCC(=O)NCc3ccccc3)c2)C1. The summed E-state index contributed by atoms with van der Waals surface area (Å²) in [5, 5.41) is 2.67. The average molecular weight is 445 g/mol. The predicted molar refractivity (Wildman–Crippen MR) is 117 cm³/mol. The number of esters is 1. The van der Waals surface area contributed by atoms with Crippen LogP contribution >= 0.6 is 0 Å². The van der Waals surface area contributed by atoms with Crippen molar-refractivity contribution in [1.82, 2.24) is 9.62 Å². The van der Waals surface area contributed by atoms with E-state index in [1.54, 1.807) is 0 Å². The Morgan fingerprint density at radius 2 is 1.71 bits per heavy atom. The molecule has 166 valence electrons. The number of amides is 1. The lowest BCUT2D eigenvalue weighted by molar-refractivity contribution is -0.124. The quantitative estimate of drug-likeness (QED) is 0.663. The van der Waals surface area contributed by atoms with Crippen molar-refractivity contribution in [2.75, 3.05) is 19.7 Å². The smallest absolute Gasteiger partial charge is 0.338 e. The summed E-state index contributed by atoms with van der Waals surface area (Å²) >= 11 is 0. The van der Waals surface area contributed by atoms with Crippen LogP contribution in [0, 0.1) is 11.8 Å². The molecule has 7 nitrogen and oxygen atoms in total. The summed E-state index contributed by atoms with van der Waals surface area (Å²) in [6, 6.07) is 15.1. The Hall–Kier alpha value is -2.71. The van der Waals surface area contributed by atoms with Crippen LogP contribution in [0.15, 0.2) is 59.5 Å². The fraction of sp³-hybridized carbons (Fsp3) is 0.391. The first-order chi connectivity index (χ1) is 14.8. The molecule has 2 atom stereocenters. The Morgan fingerprint density at radius 3 is 2.39 bits per heavy atom. The van der Waals surface area contributed by atoms with E-state index >= 15 is 0 Å². The maximum absolute atomic E-state index is 13.0. The second kappa shape index (κ2) is 10.1. The molecule has 31 heavy (non-hydrogen) atoms. The van der Waals surface area contributed by atoms with Gasteiger partial charge in [0.05, 0.1) is 10.5 Å². The Morgan fingerprint density at radius 1 is 1.03 bits per heavy atom. The van der Waals surface area contributed by atoms with Crippen molar-refractivity contribution < 1.29 is 22.7 Å². The number of ether oxygens (including phenoxy) is 1. The highest BCUT2D eigenvalue weighted by atomic mass is 32.2. The van der Waals surface area contributed by atoms with Crippen molar-refractivity contribution in [3.05, 3.63) is 65.7 Å². The van der Waals surface area contributed by atoms with Crippen molar-refractivity contribution in [3.8, 4) is 0 Å². The van der Waals surface area contributed by atoms with E-state index in [0.717, 1.165) is 12.0 Å². The van der Waals surface area contributed by atoms with E-state index in [4.69, 9.17) is 4.74 Å². The number of carbonyl (C=O) groups is 2. The van der Waals surface area contributed by atoms with Crippen LogP contribution in [0.2, 0.25) is 0 Å². The summed E-state index contributed by atoms with van der Waals surface area (Å²) in [5.74, 6) is -0.619. The Balaban J connectivity index is 1.60. The second-order valence-corrected chi connectivity index (χ2v) is 10.1. The van der Waals surface area contributed by atoms with Crippen LogP contribution in [0.25, 0.3) is 0 Å². The zero-order chi connectivity index (χ0) is 22.4. The fourth-order valence-electron chi connectivity index (χ4n) is 3.80. The minimum atomic E-state index is -3.71. The number of carbonyl (C=O) groups excluding carboxylic acids is 2. The first-order valence-corrected chi connectivity index (χ1v) is 11.8. The van der Waals surface area contributed by atoms with Crippen LogP contribution in [0.1, 0.15) is 36.2 Å². The van der Waals surface area contributed by atoms with Gasteiger partial charge in [0.2, 0.25) is 10.0 Å². The van der Waals surface area contributed by atoms with Crippen LogP contribution in [0.4, 0.5) is 0 Å². The van der Waals surface area contributed by atoms with Crippen molar-refractivity contribution >= 4 is 21.9 Å². The highest BCUT2D eigenvalue weighted by Gasteiger charge is 2.32. The minimum absolute atomic E-state index is 0.0526. The second-order valence-electron chi connectivity index (χ2n) is 8.13. The predicted octanol–water partition coefficient (Wildman–Crippen LogP) is 2.83. The molecule has 0 spiro atoms. The van der Waals surface area contributed by atoms with Crippen LogP contribution in [-0.4, -0.2) is 44.3 Å². The normalized spacial score (nSPS) is 19.5. The van der Waals surface area contributed by atoms with Crippen LogP contribution in [0.3, 0.4) is 0 Å². The van der Waals surface area contributed by atoms with Crippen molar-refractivity contribution in [2.45, 2.75) is 31.7 Å². The molecule has 0 aliphatic carbocycles. The number of hydrogen-bond donors (Lipinski definition) is 1. The van der Waals surface area contributed by atoms with Crippen molar-refractivity contribution in [1.29, 1.82) is 0 Å². The van der Waals surface area contributed by atoms with Gasteiger partial charge in [0.25, 0.3) is 5.91 Å². The Bertz CT molecular complexity index is 1010. The average Bonchev–Trinajstić information content (AvgIpc) is 2.76. The lowest BCUT2D eigenvalue weighted by Gasteiger charge is -2.34. The summed E-state index contributed by atoms with van der Waals surface area (Å²) in [6.07, 6.45) is 0.991. The lowest BCUT2D eigenvalue weighted by Crippen LogP contribution is -2.42. The molecule has 0 aromatic heterocycles. The van der Waals surface area contributed by atoms with E-state index in [1.807, 2.05) is 44.2 Å². The number of nitrogens with zero attached hydrogens (tertiary/aromatic N) is 1. The van der Waals surface area contributed by atoms with Gasteiger partial charge in [0.15, 0.2) is 6.61 Å². The largest absolute Gasteiger partial charge is 0.452 e. The van der Waals surface area contributed by atoms with E-state index in [1.165, 1.54) is 28.6 Å². The molecule has 1 fully saturated rings. The number of piperidine rings is 1. The topological polar surface area (TPSA) is 92.8 Å². The van der Waals surface area contributed by atoms with Gasteiger partial charge in [-0.2, -0.15) is 4.31 Å². The van der Waals surface area contributed by atoms with Crippen molar-refractivity contribution in [3.63, 3.8) is 0 Å². The van der Waals surface area contributed by atoms with E-state index in [9.17, 15) is 18.0 Å². The van der Waals surface area contributed by atoms with Gasteiger partial charge in [-0.25, -0.2) is 13.2 Å². The molecule has 1 aliphatic heterocycles. The number of benzene rings is 2. The molecule has 1 amide bonds. The van der Waals surface area contributed by atoms with Gasteiger partial charge in [-0.3, -0.25) is 4.79 Å². The van der Waals surface area contributed by atoms with Crippen LogP contribution < -0.4 is 5.32 Å². The maximum atomic E-state index is 13.0. The van der Waals surface area contributed by atoms with Gasteiger partial charge in [-0.15, -0.1) is 0 Å². The molecule has 3 rings (SSSR count). The molecule has 0 saturated carbocycles. The highest BCUT2D eigenvalue weighted by Crippen LogP contribution is 2.27. The molecule has 0 bridgehead atoms. The standard InChI is InChI=1S/C23H28N2O5S/c1-17-11-18(2)15-25(14-17)31(28,29)21-10-6-9-20(12-21)23(27)30-16-22(26)24-13-19-7-4-3-5-8-19/h3-10,12,17-18H,11,13-16H2,1-2H3,(H,24,26)/t17-,18+. The maximum Gasteiger partial charge on any atom is 0.338 e. The van der Waals surface area contributed by atoms with Gasteiger partial charge in [-0.05, 0) is 42.0 Å². The van der Waals surface area contributed by atoms with Gasteiger partial charge in [0.1, 0.15) is 0 Å². The monoisotopic (exact) mass is 444 g/mol. The molecule has 0 unspecified atom stereocenters. The molecule has 8 heteroatoms. The Labute approximate surface area is 183 Å². The summed E-state index contributed by atoms with van der Waals surface area (Å²) in [5.41, 5.74) is 1.02. The molecular formula is C23H28N2O5S. The fourth-order valence-corrected chi connectivity index (χ4v) is 5.52. The summed E-state index contributed by atoms with van der Waals surface area (Å²) in [4.78, 5) is 24.4. The zero-order valence-corrected chi connectivity index (χ0v) is 18.6. The number of hydrogen-bond acceptors (Lipinski definition) is 5. The minimum Gasteiger partial charge on any atom is -0.452 e. The molecular weight excluding hydrogens is 416 g/mol. The zero-order valence-electron chi connectivity index (χ0n) is 17.8. The highest BCUT2D eigenvalue weighted by molar-refractivity contribution is 7.89. The molecule has 0 radical (unpaired) electrons. The van der Waals surface area contributed by atoms with Gasteiger partial charge < -0.3 is 10.1 Å². The molecule has 1 saturated heterocycles.